The highest BCUT2D eigenvalue weighted by molar-refractivity contribution is 5.67. The lowest BCUT2D eigenvalue weighted by Crippen LogP contribution is -2.43. The molecule has 25 heavy (non-hydrogen) atoms. The molecule has 0 aliphatic heterocycles. The Morgan fingerprint density at radius 1 is 1.24 bits per heavy atom. The normalized spacial score (nSPS) is 28.7. The molecule has 2 aliphatic carbocycles. The average Bonchev–Trinajstić information content (AvgIpc) is 2.85. The van der Waals surface area contributed by atoms with Crippen molar-refractivity contribution in [1.82, 2.24) is 10.2 Å². The first-order valence-electron chi connectivity index (χ1n) is 8.57. The third-order valence-electron chi connectivity index (χ3n) is 6.45. The number of aromatic nitrogens is 2. The van der Waals surface area contributed by atoms with Gasteiger partial charge in [0.15, 0.2) is 0 Å². The number of ether oxygens (including phenoxy) is 1. The fourth-order valence-electron chi connectivity index (χ4n) is 4.74. The van der Waals surface area contributed by atoms with Crippen molar-refractivity contribution in [3.05, 3.63) is 47.4 Å². The van der Waals surface area contributed by atoms with Crippen LogP contribution in [0.15, 0.2) is 30.3 Å². The van der Waals surface area contributed by atoms with E-state index in [0.29, 0.717) is 11.3 Å². The molecule has 1 aromatic carbocycles. The van der Waals surface area contributed by atoms with Gasteiger partial charge in [0.2, 0.25) is 0 Å². The van der Waals surface area contributed by atoms with Crippen LogP contribution in [0.2, 0.25) is 0 Å². The predicted octanol–water partition coefficient (Wildman–Crippen LogP) is 4.00. The van der Waals surface area contributed by atoms with E-state index in [-0.39, 0.29) is 34.6 Å². The van der Waals surface area contributed by atoms with Gasteiger partial charge >= 0.3 is 5.97 Å². The summed E-state index contributed by atoms with van der Waals surface area (Å²) in [6.07, 6.45) is 0.560. The van der Waals surface area contributed by atoms with E-state index >= 15 is 0 Å². The van der Waals surface area contributed by atoms with Crippen LogP contribution in [0.25, 0.3) is 11.3 Å². The van der Waals surface area contributed by atoms with Crippen LogP contribution in [-0.4, -0.2) is 22.3 Å². The number of nitrogens with zero attached hydrogens (tertiary/aromatic N) is 2. The number of halogens is 1. The number of rotatable bonds is 2. The Balaban J connectivity index is 1.84. The number of fused-ring (bicyclic) bond motifs is 5. The number of hydrogen-bond donors (Lipinski definition) is 0. The number of hydrogen-bond acceptors (Lipinski definition) is 4. The van der Waals surface area contributed by atoms with Gasteiger partial charge in [0.05, 0.1) is 16.8 Å². The number of carbonyl (C=O) groups excluding carboxylic acids is 1. The highest BCUT2D eigenvalue weighted by Gasteiger charge is 2.67. The van der Waals surface area contributed by atoms with Crippen molar-refractivity contribution in [3.8, 4) is 11.3 Å². The van der Waals surface area contributed by atoms with Crippen molar-refractivity contribution < 1.29 is 13.9 Å². The zero-order valence-corrected chi connectivity index (χ0v) is 14.8. The second kappa shape index (κ2) is 5.10. The lowest BCUT2D eigenvalue weighted by atomic mass is 9.69. The van der Waals surface area contributed by atoms with E-state index in [1.807, 2.05) is 6.07 Å². The molecule has 0 N–H and O–H groups in total. The van der Waals surface area contributed by atoms with Crippen LogP contribution in [0.4, 0.5) is 4.39 Å². The maximum absolute atomic E-state index is 14.1. The summed E-state index contributed by atoms with van der Waals surface area (Å²) in [6, 6.07) is 8.56. The lowest BCUT2D eigenvalue weighted by Gasteiger charge is -2.37. The fourth-order valence-corrected chi connectivity index (χ4v) is 4.74. The zero-order valence-electron chi connectivity index (χ0n) is 14.8. The monoisotopic (exact) mass is 340 g/mol. The molecule has 0 spiro atoms. The second-order valence-electron chi connectivity index (χ2n) is 7.82. The Kier molecular flexibility index (Phi) is 3.30. The van der Waals surface area contributed by atoms with Gasteiger partial charge in [0.25, 0.3) is 0 Å². The SMILES string of the molecule is CC(=O)O[C@H]1C[C@@H]2c3cc(-c4ccccc4F)nnc3C1(C)C2(C)C. The minimum atomic E-state index is -0.389. The minimum Gasteiger partial charge on any atom is -0.462 e. The largest absolute Gasteiger partial charge is 0.462 e. The maximum atomic E-state index is 14.1. The summed E-state index contributed by atoms with van der Waals surface area (Å²) >= 11 is 0. The van der Waals surface area contributed by atoms with Gasteiger partial charge in [-0.15, -0.1) is 0 Å². The van der Waals surface area contributed by atoms with Crippen LogP contribution < -0.4 is 0 Å². The second-order valence-corrected chi connectivity index (χ2v) is 7.82. The minimum absolute atomic E-state index is 0.113. The standard InChI is InChI=1S/C20H21FN2O2/c1-11(24)25-17-10-14-13-9-16(12-7-5-6-8-15(12)21)22-23-18(13)20(17,4)19(14,2)3/h5-9,14,17H,10H2,1-4H3/t14-,17+,20?/m1/s1. The molecule has 5 heteroatoms. The summed E-state index contributed by atoms with van der Waals surface area (Å²) in [4.78, 5) is 11.5. The van der Waals surface area contributed by atoms with Crippen molar-refractivity contribution >= 4 is 5.97 Å². The summed E-state index contributed by atoms with van der Waals surface area (Å²) in [5, 5.41) is 8.77. The summed E-state index contributed by atoms with van der Waals surface area (Å²) < 4.78 is 19.7. The van der Waals surface area contributed by atoms with Gasteiger partial charge in [-0.25, -0.2) is 4.39 Å². The van der Waals surface area contributed by atoms with Gasteiger partial charge in [-0.3, -0.25) is 4.79 Å². The molecule has 1 fully saturated rings. The van der Waals surface area contributed by atoms with E-state index in [9.17, 15) is 9.18 Å². The molecule has 0 saturated heterocycles. The summed E-state index contributed by atoms with van der Waals surface area (Å²) in [5.41, 5.74) is 2.48. The molecule has 0 amide bonds. The third kappa shape index (κ3) is 2.01. The molecule has 2 aliphatic rings. The van der Waals surface area contributed by atoms with Crippen LogP contribution in [0.3, 0.4) is 0 Å². The van der Waals surface area contributed by atoms with Crippen LogP contribution in [0, 0.1) is 11.2 Å². The van der Waals surface area contributed by atoms with E-state index < -0.39 is 0 Å². The first-order valence-corrected chi connectivity index (χ1v) is 8.57. The van der Waals surface area contributed by atoms with E-state index in [4.69, 9.17) is 4.74 Å². The number of carbonyl (C=O) groups is 1. The molecule has 2 bridgehead atoms. The lowest BCUT2D eigenvalue weighted by molar-refractivity contribution is -0.150. The summed E-state index contributed by atoms with van der Waals surface area (Å²) in [7, 11) is 0. The maximum Gasteiger partial charge on any atom is 0.302 e. The van der Waals surface area contributed by atoms with Crippen LogP contribution in [-0.2, 0) is 14.9 Å². The van der Waals surface area contributed by atoms with Crippen LogP contribution >= 0.6 is 0 Å². The van der Waals surface area contributed by atoms with Gasteiger partial charge in [-0.1, -0.05) is 26.0 Å². The first kappa shape index (κ1) is 16.2. The quantitative estimate of drug-likeness (QED) is 0.776. The van der Waals surface area contributed by atoms with Gasteiger partial charge in [0, 0.05) is 12.5 Å². The van der Waals surface area contributed by atoms with E-state index in [1.165, 1.54) is 13.0 Å². The van der Waals surface area contributed by atoms with Crippen molar-refractivity contribution in [2.24, 2.45) is 5.41 Å². The molecule has 130 valence electrons. The van der Waals surface area contributed by atoms with Crippen molar-refractivity contribution in [2.45, 2.75) is 51.6 Å². The highest BCUT2D eigenvalue weighted by Crippen LogP contribution is 2.67. The summed E-state index contributed by atoms with van der Waals surface area (Å²) in [6.45, 7) is 7.91. The van der Waals surface area contributed by atoms with Crippen molar-refractivity contribution in [1.29, 1.82) is 0 Å². The van der Waals surface area contributed by atoms with Crippen LogP contribution in [0.5, 0.6) is 0 Å². The first-order chi connectivity index (χ1) is 11.8. The Morgan fingerprint density at radius 2 is 1.96 bits per heavy atom. The van der Waals surface area contributed by atoms with E-state index in [1.54, 1.807) is 18.2 Å². The number of esters is 1. The van der Waals surface area contributed by atoms with Gasteiger partial charge < -0.3 is 4.74 Å². The molecule has 2 aromatic rings. The molecule has 1 unspecified atom stereocenters. The highest BCUT2D eigenvalue weighted by atomic mass is 19.1. The van der Waals surface area contributed by atoms with Crippen molar-refractivity contribution in [3.63, 3.8) is 0 Å². The molecule has 4 nitrogen and oxygen atoms in total. The van der Waals surface area contributed by atoms with Gasteiger partial charge in [-0.05, 0) is 48.4 Å². The Hall–Kier alpha value is -2.30. The molecule has 1 saturated carbocycles. The van der Waals surface area contributed by atoms with Gasteiger partial charge in [-0.2, -0.15) is 10.2 Å². The molecule has 1 aromatic heterocycles. The van der Waals surface area contributed by atoms with E-state index in [2.05, 4.69) is 31.0 Å². The molecular weight excluding hydrogens is 319 g/mol. The Bertz CT molecular complexity index is 880. The molecule has 3 atom stereocenters. The topological polar surface area (TPSA) is 52.1 Å². The zero-order chi connectivity index (χ0) is 18.0. The Labute approximate surface area is 146 Å². The van der Waals surface area contributed by atoms with Crippen molar-refractivity contribution in [2.75, 3.05) is 0 Å². The van der Waals surface area contributed by atoms with Gasteiger partial charge in [0.1, 0.15) is 11.9 Å². The smallest absolute Gasteiger partial charge is 0.302 e. The molecule has 1 heterocycles. The fraction of sp³-hybridized carbons (Fsp3) is 0.450. The molecular formula is C20H21FN2O2. The Morgan fingerprint density at radius 3 is 2.64 bits per heavy atom. The number of benzene rings is 1. The predicted molar refractivity (Wildman–Crippen MR) is 91.5 cm³/mol. The third-order valence-corrected chi connectivity index (χ3v) is 6.45. The molecule has 0 radical (unpaired) electrons. The summed E-state index contributed by atoms with van der Waals surface area (Å²) in [5.74, 6) is -0.367. The average molecular weight is 340 g/mol. The molecule has 4 rings (SSSR count). The van der Waals surface area contributed by atoms with E-state index in [0.717, 1.165) is 17.7 Å². The van der Waals surface area contributed by atoms with Crippen LogP contribution in [0.1, 0.15) is 51.3 Å².